The van der Waals surface area contributed by atoms with E-state index in [1.165, 1.54) is 19.3 Å². The summed E-state index contributed by atoms with van der Waals surface area (Å²) in [5, 5.41) is 14.9. The topological polar surface area (TPSA) is 52.6 Å². The monoisotopic (exact) mass is 310 g/mol. The summed E-state index contributed by atoms with van der Waals surface area (Å²) < 4.78 is 0. The Morgan fingerprint density at radius 2 is 1.91 bits per heavy atom. The summed E-state index contributed by atoms with van der Waals surface area (Å²) in [6, 6.07) is 11.5. The van der Waals surface area contributed by atoms with Crippen molar-refractivity contribution >= 4 is 16.6 Å². The van der Waals surface area contributed by atoms with Crippen LogP contribution in [-0.4, -0.2) is 47.5 Å². The van der Waals surface area contributed by atoms with Gasteiger partial charge in [0.05, 0.1) is 6.04 Å². The zero-order chi connectivity index (χ0) is 15.8. The molecule has 1 atom stereocenters. The number of nitrogens with zero attached hydrogens (tertiary/aromatic N) is 1. The van der Waals surface area contributed by atoms with Crippen molar-refractivity contribution in [1.29, 1.82) is 0 Å². The first kappa shape index (κ1) is 14.7. The Hall–Kier alpha value is -1.91. The van der Waals surface area contributed by atoms with Gasteiger partial charge < -0.3 is 10.4 Å². The quantitative estimate of drug-likeness (QED) is 0.856. The van der Waals surface area contributed by atoms with Crippen molar-refractivity contribution in [3.63, 3.8) is 0 Å². The van der Waals surface area contributed by atoms with Gasteiger partial charge in [-0.1, -0.05) is 24.6 Å². The van der Waals surface area contributed by atoms with E-state index in [4.69, 9.17) is 0 Å². The molecule has 4 nitrogen and oxygen atoms in total. The summed E-state index contributed by atoms with van der Waals surface area (Å²) >= 11 is 0. The van der Waals surface area contributed by atoms with E-state index in [1.54, 1.807) is 12.1 Å². The van der Waals surface area contributed by atoms with Gasteiger partial charge in [0.25, 0.3) is 0 Å². The molecule has 0 radical (unpaired) electrons. The average Bonchev–Trinajstić information content (AvgIpc) is 2.52. The van der Waals surface area contributed by atoms with Crippen LogP contribution in [0.15, 0.2) is 36.4 Å². The Morgan fingerprint density at radius 1 is 1.13 bits per heavy atom. The summed E-state index contributed by atoms with van der Waals surface area (Å²) in [7, 11) is 0. The zero-order valence-electron chi connectivity index (χ0n) is 13.2. The van der Waals surface area contributed by atoms with Crippen LogP contribution in [0.3, 0.4) is 0 Å². The number of benzene rings is 2. The second kappa shape index (κ2) is 5.95. The summed E-state index contributed by atoms with van der Waals surface area (Å²) in [6.45, 7) is 2.75. The predicted octanol–water partition coefficient (Wildman–Crippen LogP) is 2.55. The molecule has 1 saturated heterocycles. The molecule has 4 rings (SSSR count). The van der Waals surface area contributed by atoms with Crippen LogP contribution < -0.4 is 5.32 Å². The minimum atomic E-state index is -0.112. The first-order valence-electron chi connectivity index (χ1n) is 8.45. The van der Waals surface area contributed by atoms with E-state index < -0.39 is 0 Å². The third kappa shape index (κ3) is 2.84. The van der Waals surface area contributed by atoms with Gasteiger partial charge in [0, 0.05) is 31.2 Å². The van der Waals surface area contributed by atoms with E-state index in [-0.39, 0.29) is 17.6 Å². The predicted molar refractivity (Wildman–Crippen MR) is 90.9 cm³/mol. The third-order valence-electron chi connectivity index (χ3n) is 5.22. The summed E-state index contributed by atoms with van der Waals surface area (Å²) in [6.07, 6.45) is 3.88. The number of Topliss-reactive ketones (excluding diaryl/α,β-unsaturated/α-hetero) is 1. The van der Waals surface area contributed by atoms with Crippen LogP contribution in [0.1, 0.15) is 29.6 Å². The van der Waals surface area contributed by atoms with Crippen LogP contribution in [0.25, 0.3) is 10.8 Å². The van der Waals surface area contributed by atoms with Crippen LogP contribution >= 0.6 is 0 Å². The lowest BCUT2D eigenvalue weighted by atomic mass is 9.90. The number of piperazine rings is 1. The fourth-order valence-corrected chi connectivity index (χ4v) is 3.62. The maximum atomic E-state index is 12.8. The molecule has 120 valence electrons. The van der Waals surface area contributed by atoms with Crippen molar-refractivity contribution in [2.45, 2.75) is 31.3 Å². The molecule has 1 aliphatic heterocycles. The first-order chi connectivity index (χ1) is 11.2. The smallest absolute Gasteiger partial charge is 0.181 e. The average molecular weight is 310 g/mol. The minimum Gasteiger partial charge on any atom is -0.508 e. The van der Waals surface area contributed by atoms with Gasteiger partial charge in [-0.25, -0.2) is 0 Å². The molecule has 23 heavy (non-hydrogen) atoms. The SMILES string of the molecule is O=C(c1ccc2cc(O)ccc2c1)C1CN(C2CCC2)CCN1. The molecule has 2 aromatic carbocycles. The number of aromatic hydroxyl groups is 1. The van der Waals surface area contributed by atoms with Crippen LogP contribution in [0.5, 0.6) is 5.75 Å². The molecule has 0 bridgehead atoms. The normalized spacial score (nSPS) is 22.9. The highest BCUT2D eigenvalue weighted by Crippen LogP contribution is 2.26. The van der Waals surface area contributed by atoms with Crippen LogP contribution in [-0.2, 0) is 0 Å². The molecule has 0 spiro atoms. The summed E-state index contributed by atoms with van der Waals surface area (Å²) in [4.78, 5) is 15.3. The Kier molecular flexibility index (Phi) is 3.79. The van der Waals surface area contributed by atoms with E-state index in [1.807, 2.05) is 24.3 Å². The molecule has 0 amide bonds. The van der Waals surface area contributed by atoms with Crippen molar-refractivity contribution in [1.82, 2.24) is 10.2 Å². The van der Waals surface area contributed by atoms with E-state index in [0.29, 0.717) is 6.04 Å². The van der Waals surface area contributed by atoms with Gasteiger partial charge in [-0.3, -0.25) is 9.69 Å². The molecule has 2 N–H and O–H groups in total. The molecule has 0 aromatic heterocycles. The van der Waals surface area contributed by atoms with Crippen molar-refractivity contribution in [2.75, 3.05) is 19.6 Å². The number of carbonyl (C=O) groups is 1. The summed E-state index contributed by atoms with van der Waals surface area (Å²) in [5.41, 5.74) is 0.746. The Balaban J connectivity index is 1.54. The fourth-order valence-electron chi connectivity index (χ4n) is 3.62. The van der Waals surface area contributed by atoms with Gasteiger partial charge in [0.15, 0.2) is 5.78 Å². The number of phenolic OH excluding ortho intramolecular Hbond substituents is 1. The van der Waals surface area contributed by atoms with Gasteiger partial charge in [-0.15, -0.1) is 0 Å². The van der Waals surface area contributed by atoms with Gasteiger partial charge in [-0.2, -0.15) is 0 Å². The number of carbonyl (C=O) groups excluding carboxylic acids is 1. The first-order valence-corrected chi connectivity index (χ1v) is 8.45. The lowest BCUT2D eigenvalue weighted by Crippen LogP contribution is -2.58. The minimum absolute atomic E-state index is 0.112. The van der Waals surface area contributed by atoms with Gasteiger partial charge in [-0.05, 0) is 41.8 Å². The molecule has 1 saturated carbocycles. The maximum absolute atomic E-state index is 12.8. The number of hydrogen-bond acceptors (Lipinski definition) is 4. The highest BCUT2D eigenvalue weighted by molar-refractivity contribution is 6.03. The zero-order valence-corrected chi connectivity index (χ0v) is 13.2. The summed E-state index contributed by atoms with van der Waals surface area (Å²) in [5.74, 6) is 0.422. The van der Waals surface area contributed by atoms with Gasteiger partial charge in [0.2, 0.25) is 0 Å². The van der Waals surface area contributed by atoms with Crippen LogP contribution in [0.4, 0.5) is 0 Å². The fraction of sp³-hybridized carbons (Fsp3) is 0.421. The van der Waals surface area contributed by atoms with E-state index in [2.05, 4.69) is 10.2 Å². The van der Waals surface area contributed by atoms with E-state index in [9.17, 15) is 9.90 Å². The molecular formula is C19H22N2O2. The van der Waals surface area contributed by atoms with Crippen molar-refractivity contribution in [3.8, 4) is 5.75 Å². The van der Waals surface area contributed by atoms with E-state index >= 15 is 0 Å². The highest BCUT2D eigenvalue weighted by atomic mass is 16.3. The second-order valence-corrected chi connectivity index (χ2v) is 6.70. The molecule has 1 heterocycles. The lowest BCUT2D eigenvalue weighted by Gasteiger charge is -2.42. The maximum Gasteiger partial charge on any atom is 0.181 e. The largest absolute Gasteiger partial charge is 0.508 e. The number of nitrogens with one attached hydrogen (secondary N) is 1. The molecule has 1 unspecified atom stereocenters. The van der Waals surface area contributed by atoms with Gasteiger partial charge in [0.1, 0.15) is 5.75 Å². The Bertz CT molecular complexity index is 739. The number of phenols is 1. The molecule has 2 fully saturated rings. The number of ketones is 1. The standard InChI is InChI=1S/C19H22N2O2/c22-17-7-6-13-10-15(5-4-14(13)11-17)19(23)18-12-21(9-8-20-18)16-2-1-3-16/h4-7,10-11,16,18,20,22H,1-3,8-9,12H2. The van der Waals surface area contributed by atoms with E-state index in [0.717, 1.165) is 36.0 Å². The highest BCUT2D eigenvalue weighted by Gasteiger charge is 2.32. The second-order valence-electron chi connectivity index (χ2n) is 6.70. The molecular weight excluding hydrogens is 288 g/mol. The van der Waals surface area contributed by atoms with Crippen LogP contribution in [0.2, 0.25) is 0 Å². The van der Waals surface area contributed by atoms with Gasteiger partial charge >= 0.3 is 0 Å². The number of fused-ring (bicyclic) bond motifs is 1. The Morgan fingerprint density at radius 3 is 2.70 bits per heavy atom. The Labute approximate surface area is 136 Å². The number of hydrogen-bond donors (Lipinski definition) is 2. The van der Waals surface area contributed by atoms with Crippen molar-refractivity contribution in [3.05, 3.63) is 42.0 Å². The van der Waals surface area contributed by atoms with Crippen molar-refractivity contribution < 1.29 is 9.90 Å². The van der Waals surface area contributed by atoms with Crippen molar-refractivity contribution in [2.24, 2.45) is 0 Å². The van der Waals surface area contributed by atoms with Crippen LogP contribution in [0, 0.1) is 0 Å². The number of rotatable bonds is 3. The lowest BCUT2D eigenvalue weighted by molar-refractivity contribution is 0.0715. The molecule has 2 aliphatic rings. The molecule has 4 heteroatoms. The third-order valence-corrected chi connectivity index (χ3v) is 5.22. The molecule has 1 aliphatic carbocycles. The molecule has 2 aromatic rings.